The van der Waals surface area contributed by atoms with Crippen LogP contribution in [0.1, 0.15) is 22.0 Å². The molecule has 1 atom stereocenters. The zero-order valence-corrected chi connectivity index (χ0v) is 10.6. The van der Waals surface area contributed by atoms with Crippen molar-refractivity contribution in [1.82, 2.24) is 0 Å². The van der Waals surface area contributed by atoms with Gasteiger partial charge in [-0.25, -0.2) is 4.79 Å². The van der Waals surface area contributed by atoms with Crippen LogP contribution in [0.2, 0.25) is 0 Å². The van der Waals surface area contributed by atoms with Crippen molar-refractivity contribution in [2.75, 3.05) is 0 Å². The summed E-state index contributed by atoms with van der Waals surface area (Å²) < 4.78 is 37.1. The van der Waals surface area contributed by atoms with Crippen LogP contribution in [0.25, 0.3) is 11.1 Å². The Labute approximate surface area is 118 Å². The number of carboxylic acid groups (broad SMARTS) is 1. The second-order valence-corrected chi connectivity index (χ2v) is 4.45. The van der Waals surface area contributed by atoms with Crippen LogP contribution >= 0.6 is 0 Å². The number of aromatic carboxylic acids is 1. The summed E-state index contributed by atoms with van der Waals surface area (Å²) in [4.78, 5) is 10.7. The molecule has 3 nitrogen and oxygen atoms in total. The molecule has 0 spiro atoms. The predicted molar refractivity (Wildman–Crippen MR) is 69.9 cm³/mol. The number of alkyl halides is 3. The van der Waals surface area contributed by atoms with Crippen LogP contribution in [0.4, 0.5) is 13.2 Å². The minimum atomic E-state index is -4.70. The van der Waals surface area contributed by atoms with E-state index in [4.69, 9.17) is 10.2 Å². The van der Waals surface area contributed by atoms with Crippen LogP contribution in [0.3, 0.4) is 0 Å². The van der Waals surface area contributed by atoms with Crippen molar-refractivity contribution in [3.05, 3.63) is 59.7 Å². The lowest BCUT2D eigenvalue weighted by atomic mass is 10.0. The SMILES string of the molecule is O=C(O)c1ccc(-c2ccc([C@H](O)C(F)(F)F)cc2)cc1. The molecule has 110 valence electrons. The lowest BCUT2D eigenvalue weighted by Gasteiger charge is -2.15. The third kappa shape index (κ3) is 3.41. The summed E-state index contributed by atoms with van der Waals surface area (Å²) in [6, 6.07) is 11.2. The number of rotatable bonds is 3. The molecule has 0 amide bonds. The van der Waals surface area contributed by atoms with Crippen molar-refractivity contribution < 1.29 is 28.2 Å². The molecular weight excluding hydrogens is 285 g/mol. The Kier molecular flexibility index (Phi) is 3.99. The molecule has 2 aromatic rings. The molecule has 0 aliphatic rings. The van der Waals surface area contributed by atoms with Gasteiger partial charge in [0.15, 0.2) is 6.10 Å². The van der Waals surface area contributed by atoms with Crippen molar-refractivity contribution >= 4 is 5.97 Å². The Morgan fingerprint density at radius 2 is 1.33 bits per heavy atom. The van der Waals surface area contributed by atoms with E-state index in [1.807, 2.05) is 0 Å². The fourth-order valence-corrected chi connectivity index (χ4v) is 1.85. The van der Waals surface area contributed by atoms with Gasteiger partial charge in [0.1, 0.15) is 0 Å². The first-order chi connectivity index (χ1) is 9.79. The fourth-order valence-electron chi connectivity index (χ4n) is 1.85. The second-order valence-electron chi connectivity index (χ2n) is 4.45. The van der Waals surface area contributed by atoms with Crippen LogP contribution in [-0.4, -0.2) is 22.4 Å². The summed E-state index contributed by atoms with van der Waals surface area (Å²) in [5.74, 6) is -1.05. The van der Waals surface area contributed by atoms with E-state index in [1.54, 1.807) is 12.1 Å². The van der Waals surface area contributed by atoms with Gasteiger partial charge >= 0.3 is 12.1 Å². The molecule has 0 saturated heterocycles. The molecule has 2 N–H and O–H groups in total. The first-order valence-corrected chi connectivity index (χ1v) is 5.97. The number of hydrogen-bond donors (Lipinski definition) is 2. The van der Waals surface area contributed by atoms with E-state index < -0.39 is 18.2 Å². The van der Waals surface area contributed by atoms with E-state index in [-0.39, 0.29) is 11.1 Å². The monoisotopic (exact) mass is 296 g/mol. The zero-order chi connectivity index (χ0) is 15.6. The molecule has 0 heterocycles. The van der Waals surface area contributed by atoms with Gasteiger partial charge in [0.25, 0.3) is 0 Å². The summed E-state index contributed by atoms with van der Waals surface area (Å²) in [6.45, 7) is 0. The van der Waals surface area contributed by atoms with E-state index >= 15 is 0 Å². The molecule has 21 heavy (non-hydrogen) atoms. The minimum absolute atomic E-state index is 0.128. The van der Waals surface area contributed by atoms with Gasteiger partial charge in [-0.05, 0) is 28.8 Å². The van der Waals surface area contributed by atoms with Crippen molar-refractivity contribution in [2.24, 2.45) is 0 Å². The number of benzene rings is 2. The highest BCUT2D eigenvalue weighted by atomic mass is 19.4. The Hall–Kier alpha value is -2.34. The lowest BCUT2D eigenvalue weighted by Crippen LogP contribution is -2.19. The Balaban J connectivity index is 2.24. The quantitative estimate of drug-likeness (QED) is 0.909. The highest BCUT2D eigenvalue weighted by Crippen LogP contribution is 2.33. The third-order valence-corrected chi connectivity index (χ3v) is 3.00. The van der Waals surface area contributed by atoms with Gasteiger partial charge in [0, 0.05) is 0 Å². The molecule has 2 aromatic carbocycles. The lowest BCUT2D eigenvalue weighted by molar-refractivity contribution is -0.206. The van der Waals surface area contributed by atoms with Gasteiger partial charge in [-0.15, -0.1) is 0 Å². The van der Waals surface area contributed by atoms with Crippen molar-refractivity contribution in [1.29, 1.82) is 0 Å². The Morgan fingerprint density at radius 1 is 0.905 bits per heavy atom. The molecular formula is C15H11F3O3. The maximum atomic E-state index is 12.4. The van der Waals surface area contributed by atoms with E-state index in [9.17, 15) is 18.0 Å². The third-order valence-electron chi connectivity index (χ3n) is 3.00. The molecule has 6 heteroatoms. The number of carboxylic acids is 1. The highest BCUT2D eigenvalue weighted by Gasteiger charge is 2.39. The van der Waals surface area contributed by atoms with Crippen LogP contribution in [-0.2, 0) is 0 Å². The van der Waals surface area contributed by atoms with E-state index in [2.05, 4.69) is 0 Å². The normalized spacial score (nSPS) is 13.0. The van der Waals surface area contributed by atoms with E-state index in [0.717, 1.165) is 0 Å². The fraction of sp³-hybridized carbons (Fsp3) is 0.133. The Bertz CT molecular complexity index is 631. The molecule has 0 bridgehead atoms. The average molecular weight is 296 g/mol. The van der Waals surface area contributed by atoms with E-state index in [0.29, 0.717) is 11.1 Å². The highest BCUT2D eigenvalue weighted by molar-refractivity contribution is 5.88. The van der Waals surface area contributed by atoms with Crippen LogP contribution < -0.4 is 0 Å². The largest absolute Gasteiger partial charge is 0.478 e. The van der Waals surface area contributed by atoms with Gasteiger partial charge in [-0.2, -0.15) is 13.2 Å². The molecule has 2 rings (SSSR count). The molecule has 0 unspecified atom stereocenters. The maximum Gasteiger partial charge on any atom is 0.418 e. The first kappa shape index (κ1) is 15.1. The molecule has 0 radical (unpaired) electrons. The first-order valence-electron chi connectivity index (χ1n) is 5.97. The molecule has 0 aliphatic carbocycles. The summed E-state index contributed by atoms with van der Waals surface area (Å²) in [7, 11) is 0. The minimum Gasteiger partial charge on any atom is -0.478 e. The number of aliphatic hydroxyl groups is 1. The number of halogens is 3. The van der Waals surface area contributed by atoms with Gasteiger partial charge in [-0.3, -0.25) is 0 Å². The van der Waals surface area contributed by atoms with Crippen molar-refractivity contribution in [3.8, 4) is 11.1 Å². The van der Waals surface area contributed by atoms with Crippen LogP contribution in [0.5, 0.6) is 0 Å². The summed E-state index contributed by atoms with van der Waals surface area (Å²) in [5, 5.41) is 17.9. The van der Waals surface area contributed by atoms with Gasteiger partial charge < -0.3 is 10.2 Å². The van der Waals surface area contributed by atoms with Gasteiger partial charge in [0.2, 0.25) is 0 Å². The van der Waals surface area contributed by atoms with Gasteiger partial charge in [-0.1, -0.05) is 36.4 Å². The molecule has 0 aromatic heterocycles. The molecule has 0 saturated carbocycles. The predicted octanol–water partition coefficient (Wildman–Crippen LogP) is 3.65. The second kappa shape index (κ2) is 5.57. The number of aliphatic hydroxyl groups excluding tert-OH is 1. The van der Waals surface area contributed by atoms with E-state index in [1.165, 1.54) is 36.4 Å². The number of hydrogen-bond acceptors (Lipinski definition) is 2. The standard InChI is InChI=1S/C15H11F3O3/c16-15(17,18)13(19)11-5-1-9(2-6-11)10-3-7-12(8-4-10)14(20)21/h1-8,13,19H,(H,20,21)/t13-/m0/s1. The molecule has 0 aliphatic heterocycles. The van der Waals surface area contributed by atoms with Crippen LogP contribution in [0.15, 0.2) is 48.5 Å². The van der Waals surface area contributed by atoms with Crippen LogP contribution in [0, 0.1) is 0 Å². The topological polar surface area (TPSA) is 57.5 Å². The Morgan fingerprint density at radius 3 is 1.71 bits per heavy atom. The summed E-state index contributed by atoms with van der Waals surface area (Å²) in [6.07, 6.45) is -7.22. The number of carbonyl (C=O) groups is 1. The summed E-state index contributed by atoms with van der Waals surface area (Å²) >= 11 is 0. The summed E-state index contributed by atoms with van der Waals surface area (Å²) in [5.41, 5.74) is 1.19. The van der Waals surface area contributed by atoms with Crippen molar-refractivity contribution in [2.45, 2.75) is 12.3 Å². The average Bonchev–Trinajstić information content (AvgIpc) is 2.46. The zero-order valence-electron chi connectivity index (χ0n) is 10.6. The smallest absolute Gasteiger partial charge is 0.418 e. The maximum absolute atomic E-state index is 12.4. The van der Waals surface area contributed by atoms with Crippen molar-refractivity contribution in [3.63, 3.8) is 0 Å². The van der Waals surface area contributed by atoms with Gasteiger partial charge in [0.05, 0.1) is 5.56 Å². The molecule has 0 fully saturated rings.